The van der Waals surface area contributed by atoms with Crippen molar-refractivity contribution in [2.75, 3.05) is 6.61 Å². The fourth-order valence-corrected chi connectivity index (χ4v) is 2.61. The quantitative estimate of drug-likeness (QED) is 0.770. The van der Waals surface area contributed by atoms with Crippen molar-refractivity contribution in [3.63, 3.8) is 0 Å². The van der Waals surface area contributed by atoms with E-state index in [1.165, 1.54) is 11.8 Å². The van der Waals surface area contributed by atoms with E-state index in [0.29, 0.717) is 25.0 Å². The highest BCUT2D eigenvalue weighted by Crippen LogP contribution is 2.24. The molecule has 0 bridgehead atoms. The van der Waals surface area contributed by atoms with Gasteiger partial charge >= 0.3 is 5.97 Å². The zero-order valence-electron chi connectivity index (χ0n) is 13.1. The molecule has 0 radical (unpaired) electrons. The van der Waals surface area contributed by atoms with Gasteiger partial charge in [0.05, 0.1) is 18.4 Å². The number of aromatic nitrogens is 2. The Hall–Kier alpha value is -2.56. The highest BCUT2D eigenvalue weighted by Gasteiger charge is 2.24. The van der Waals surface area contributed by atoms with Gasteiger partial charge in [-0.25, -0.2) is 9.78 Å². The maximum absolute atomic E-state index is 12.3. The molecule has 0 aliphatic carbocycles. The van der Waals surface area contributed by atoms with Crippen LogP contribution in [-0.2, 0) is 27.7 Å². The summed E-state index contributed by atoms with van der Waals surface area (Å²) in [6.07, 6.45) is 6.81. The Labute approximate surface area is 135 Å². The molecule has 5 nitrogen and oxygen atoms in total. The Morgan fingerprint density at radius 1 is 1.39 bits per heavy atom. The zero-order chi connectivity index (χ0) is 16.1. The highest BCUT2D eigenvalue weighted by atomic mass is 16.5. The molecule has 0 saturated heterocycles. The van der Waals surface area contributed by atoms with Gasteiger partial charge in [-0.15, -0.1) is 0 Å². The lowest BCUT2D eigenvalue weighted by Gasteiger charge is -2.18. The fourth-order valence-electron chi connectivity index (χ4n) is 2.61. The number of carbonyl (C=O) groups excluding carboxylic acids is 1. The van der Waals surface area contributed by atoms with Crippen molar-refractivity contribution >= 4 is 5.97 Å². The predicted octanol–water partition coefficient (Wildman–Crippen LogP) is 2.94. The molecule has 2 heterocycles. The molecule has 120 valence electrons. The number of ether oxygens (including phenoxy) is 2. The van der Waals surface area contributed by atoms with Crippen LogP contribution in [-0.4, -0.2) is 22.1 Å². The molecule has 1 aromatic heterocycles. The van der Waals surface area contributed by atoms with Gasteiger partial charge in [0.15, 0.2) is 6.10 Å². The zero-order valence-corrected chi connectivity index (χ0v) is 13.1. The van der Waals surface area contributed by atoms with E-state index in [4.69, 9.17) is 9.47 Å². The average Bonchev–Trinajstić information content (AvgIpc) is 3.24. The number of carbonyl (C=O) groups is 1. The van der Waals surface area contributed by atoms with E-state index in [0.717, 1.165) is 12.2 Å². The minimum absolute atomic E-state index is 0.316. The monoisotopic (exact) mass is 312 g/mol. The Morgan fingerprint density at radius 2 is 2.22 bits per heavy atom. The van der Waals surface area contributed by atoms with Crippen molar-refractivity contribution < 1.29 is 14.3 Å². The normalized spacial score (nSPS) is 14.9. The maximum atomic E-state index is 12.3. The lowest BCUT2D eigenvalue weighted by molar-refractivity contribution is -0.145. The van der Waals surface area contributed by atoms with Crippen LogP contribution < -0.4 is 0 Å². The van der Waals surface area contributed by atoms with E-state index in [1.54, 1.807) is 6.20 Å². The van der Waals surface area contributed by atoms with Crippen LogP contribution in [0.3, 0.4) is 0 Å². The third kappa shape index (κ3) is 3.80. The van der Waals surface area contributed by atoms with Crippen molar-refractivity contribution in [1.29, 1.82) is 0 Å². The number of imidazole rings is 1. The Balaban J connectivity index is 1.71. The lowest BCUT2D eigenvalue weighted by atomic mass is 10.1. The summed E-state index contributed by atoms with van der Waals surface area (Å²) in [4.78, 5) is 16.6. The van der Waals surface area contributed by atoms with Gasteiger partial charge in [-0.3, -0.25) is 0 Å². The molecule has 1 atom stereocenters. The Bertz CT molecular complexity index is 691. The molecule has 1 unspecified atom stereocenters. The van der Waals surface area contributed by atoms with Gasteiger partial charge in [-0.1, -0.05) is 30.3 Å². The number of aryl methyl sites for hydroxylation is 2. The van der Waals surface area contributed by atoms with Crippen molar-refractivity contribution in [3.8, 4) is 0 Å². The van der Waals surface area contributed by atoms with Crippen LogP contribution in [0.25, 0.3) is 0 Å². The summed E-state index contributed by atoms with van der Waals surface area (Å²) in [5, 5.41) is 0. The van der Waals surface area contributed by atoms with Crippen LogP contribution in [0.5, 0.6) is 0 Å². The molecule has 1 aliphatic heterocycles. The Morgan fingerprint density at radius 3 is 2.87 bits per heavy atom. The Kier molecular flexibility index (Phi) is 4.76. The van der Waals surface area contributed by atoms with Crippen LogP contribution in [0.15, 0.2) is 54.6 Å². The predicted molar refractivity (Wildman–Crippen MR) is 85.5 cm³/mol. The molecule has 3 rings (SSSR count). The number of rotatable bonds is 6. The first-order valence-electron chi connectivity index (χ1n) is 7.77. The second kappa shape index (κ2) is 7.13. The molecular formula is C18H20N2O3. The topological polar surface area (TPSA) is 53.4 Å². The molecule has 5 heteroatoms. The largest absolute Gasteiger partial charge is 0.500 e. The molecule has 2 aromatic rings. The van der Waals surface area contributed by atoms with E-state index < -0.39 is 0 Å². The van der Waals surface area contributed by atoms with Gasteiger partial charge < -0.3 is 14.0 Å². The highest BCUT2D eigenvalue weighted by molar-refractivity contribution is 5.88. The average molecular weight is 312 g/mol. The van der Waals surface area contributed by atoms with Crippen molar-refractivity contribution in [3.05, 3.63) is 65.9 Å². The molecule has 0 N–H and O–H groups in total. The summed E-state index contributed by atoms with van der Waals surface area (Å²) in [5.74, 6) is 0.442. The van der Waals surface area contributed by atoms with Crippen molar-refractivity contribution in [2.24, 2.45) is 7.05 Å². The van der Waals surface area contributed by atoms with Gasteiger partial charge in [0.2, 0.25) is 0 Å². The number of hydrogen-bond acceptors (Lipinski definition) is 4. The number of esters is 1. The summed E-state index contributed by atoms with van der Waals surface area (Å²) in [6.45, 7) is 0.543. The van der Waals surface area contributed by atoms with E-state index in [-0.39, 0.29) is 12.1 Å². The van der Waals surface area contributed by atoms with Gasteiger partial charge in [0.1, 0.15) is 5.82 Å². The SMILES string of the molecule is Cn1ccnc1C(CCc1ccccc1)OC(=O)C1=COCC1. The second-order valence-corrected chi connectivity index (χ2v) is 5.58. The van der Waals surface area contributed by atoms with Crippen LogP contribution >= 0.6 is 0 Å². The van der Waals surface area contributed by atoms with Crippen molar-refractivity contribution in [2.45, 2.75) is 25.4 Å². The van der Waals surface area contributed by atoms with Gasteiger partial charge in [-0.2, -0.15) is 0 Å². The second-order valence-electron chi connectivity index (χ2n) is 5.58. The molecule has 0 saturated carbocycles. The molecule has 23 heavy (non-hydrogen) atoms. The van der Waals surface area contributed by atoms with E-state index >= 15 is 0 Å². The maximum Gasteiger partial charge on any atom is 0.337 e. The third-order valence-corrected chi connectivity index (χ3v) is 3.91. The van der Waals surface area contributed by atoms with E-state index in [9.17, 15) is 4.79 Å². The summed E-state index contributed by atoms with van der Waals surface area (Å²) < 4.78 is 12.7. The van der Waals surface area contributed by atoms with Crippen molar-refractivity contribution in [1.82, 2.24) is 9.55 Å². The van der Waals surface area contributed by atoms with E-state index in [2.05, 4.69) is 17.1 Å². The summed E-state index contributed by atoms with van der Waals surface area (Å²) in [7, 11) is 1.91. The molecule has 1 aromatic carbocycles. The third-order valence-electron chi connectivity index (χ3n) is 3.91. The smallest absolute Gasteiger partial charge is 0.337 e. The molecule has 1 aliphatic rings. The molecule has 0 amide bonds. The molecule has 0 fully saturated rings. The first-order chi connectivity index (χ1) is 11.2. The number of hydrogen-bond donors (Lipinski definition) is 0. The van der Waals surface area contributed by atoms with Crippen LogP contribution in [0.4, 0.5) is 0 Å². The van der Waals surface area contributed by atoms with Crippen LogP contribution in [0.1, 0.15) is 30.3 Å². The van der Waals surface area contributed by atoms with Gasteiger partial charge in [0.25, 0.3) is 0 Å². The number of nitrogens with zero attached hydrogens (tertiary/aromatic N) is 2. The minimum Gasteiger partial charge on any atom is -0.500 e. The van der Waals surface area contributed by atoms with Gasteiger partial charge in [0, 0.05) is 25.9 Å². The number of benzene rings is 1. The first-order valence-corrected chi connectivity index (χ1v) is 7.77. The minimum atomic E-state index is -0.371. The summed E-state index contributed by atoms with van der Waals surface area (Å²) in [6, 6.07) is 10.2. The van der Waals surface area contributed by atoms with Crippen LogP contribution in [0, 0.1) is 0 Å². The first kappa shape index (κ1) is 15.3. The van der Waals surface area contributed by atoms with Gasteiger partial charge in [-0.05, 0) is 18.4 Å². The molecular weight excluding hydrogens is 292 g/mol. The molecule has 0 spiro atoms. The van der Waals surface area contributed by atoms with E-state index in [1.807, 2.05) is 36.0 Å². The van der Waals surface area contributed by atoms with Crippen LogP contribution in [0.2, 0.25) is 0 Å². The summed E-state index contributed by atoms with van der Waals surface area (Å²) in [5.41, 5.74) is 1.80. The lowest BCUT2D eigenvalue weighted by Crippen LogP contribution is -2.17. The fraction of sp³-hybridized carbons (Fsp3) is 0.333. The standard InChI is InChI=1S/C18H20N2O3/c1-20-11-10-19-17(20)16(8-7-14-5-3-2-4-6-14)23-18(21)15-9-12-22-13-15/h2-6,10-11,13,16H,7-9,12H2,1H3. The summed E-state index contributed by atoms with van der Waals surface area (Å²) >= 11 is 0.